The molecule has 0 radical (unpaired) electrons. The first-order chi connectivity index (χ1) is 8.65. The first-order valence-corrected chi connectivity index (χ1v) is 5.68. The van der Waals surface area contributed by atoms with Gasteiger partial charge in [0.15, 0.2) is 11.4 Å². The molecule has 1 aliphatic rings. The molecule has 2 aromatic rings. The Kier molecular flexibility index (Phi) is 2.43. The first-order valence-electron chi connectivity index (χ1n) is 5.68. The summed E-state index contributed by atoms with van der Waals surface area (Å²) in [4.78, 5) is 16.7. The van der Waals surface area contributed by atoms with E-state index in [0.717, 1.165) is 0 Å². The molecular formula is C12H11FN2O3. The summed E-state index contributed by atoms with van der Waals surface area (Å²) in [6.45, 7) is 0.912. The third kappa shape index (κ3) is 1.70. The summed E-state index contributed by atoms with van der Waals surface area (Å²) in [5.74, 6) is -1.67. The number of oxazole rings is 1. The molecule has 0 aliphatic carbocycles. The van der Waals surface area contributed by atoms with Crippen LogP contribution in [0.15, 0.2) is 22.6 Å². The molecule has 1 fully saturated rings. The van der Waals surface area contributed by atoms with E-state index in [9.17, 15) is 9.18 Å². The van der Waals surface area contributed by atoms with Crippen molar-refractivity contribution >= 4 is 23.1 Å². The van der Waals surface area contributed by atoms with Crippen molar-refractivity contribution in [2.45, 2.75) is 6.42 Å². The lowest BCUT2D eigenvalue weighted by Crippen LogP contribution is -2.22. The molecule has 0 saturated carbocycles. The Morgan fingerprint density at radius 3 is 3.06 bits per heavy atom. The zero-order valence-electron chi connectivity index (χ0n) is 9.47. The Morgan fingerprint density at radius 2 is 2.39 bits per heavy atom. The number of hydrogen-bond acceptors (Lipinski definition) is 4. The number of hydrogen-bond donors (Lipinski definition) is 1. The van der Waals surface area contributed by atoms with Crippen molar-refractivity contribution in [1.29, 1.82) is 0 Å². The molecule has 0 amide bonds. The van der Waals surface area contributed by atoms with Crippen LogP contribution in [0.3, 0.4) is 0 Å². The van der Waals surface area contributed by atoms with Crippen LogP contribution in [0.25, 0.3) is 11.1 Å². The van der Waals surface area contributed by atoms with Crippen LogP contribution in [0.2, 0.25) is 0 Å². The SMILES string of the molecule is O=C(O)C1CCN(c2nc3c(F)cccc3o2)C1. The van der Waals surface area contributed by atoms with E-state index < -0.39 is 17.7 Å². The highest BCUT2D eigenvalue weighted by molar-refractivity contribution is 5.76. The summed E-state index contributed by atoms with van der Waals surface area (Å²) in [5.41, 5.74) is 0.565. The van der Waals surface area contributed by atoms with Crippen LogP contribution >= 0.6 is 0 Å². The Labute approximate surface area is 102 Å². The van der Waals surface area contributed by atoms with Gasteiger partial charge in [0.25, 0.3) is 6.01 Å². The second-order valence-electron chi connectivity index (χ2n) is 4.35. The molecule has 1 aliphatic heterocycles. The fraction of sp³-hybridized carbons (Fsp3) is 0.333. The summed E-state index contributed by atoms with van der Waals surface area (Å²) in [6, 6.07) is 4.80. The molecule has 3 rings (SSSR count). The van der Waals surface area contributed by atoms with E-state index in [1.165, 1.54) is 6.07 Å². The molecule has 1 aromatic carbocycles. The Hall–Kier alpha value is -2.11. The van der Waals surface area contributed by atoms with Gasteiger partial charge in [-0.2, -0.15) is 4.98 Å². The lowest BCUT2D eigenvalue weighted by atomic mass is 10.1. The highest BCUT2D eigenvalue weighted by Crippen LogP contribution is 2.27. The number of rotatable bonds is 2. The third-order valence-electron chi connectivity index (χ3n) is 3.17. The van der Waals surface area contributed by atoms with E-state index in [1.54, 1.807) is 17.0 Å². The largest absolute Gasteiger partial charge is 0.481 e. The van der Waals surface area contributed by atoms with Crippen molar-refractivity contribution in [3.05, 3.63) is 24.0 Å². The van der Waals surface area contributed by atoms with Crippen LogP contribution in [-0.2, 0) is 4.79 Å². The molecule has 1 aromatic heterocycles. The van der Waals surface area contributed by atoms with Gasteiger partial charge in [0, 0.05) is 13.1 Å². The maximum atomic E-state index is 13.5. The Bertz CT molecular complexity index is 610. The molecule has 5 nitrogen and oxygen atoms in total. The Balaban J connectivity index is 1.92. The van der Waals surface area contributed by atoms with Crippen molar-refractivity contribution in [2.75, 3.05) is 18.0 Å². The third-order valence-corrected chi connectivity index (χ3v) is 3.17. The van der Waals surface area contributed by atoms with Crippen molar-refractivity contribution in [1.82, 2.24) is 4.98 Å². The van der Waals surface area contributed by atoms with E-state index in [1.807, 2.05) is 0 Å². The molecule has 1 saturated heterocycles. The van der Waals surface area contributed by atoms with Crippen molar-refractivity contribution in [3.63, 3.8) is 0 Å². The number of fused-ring (bicyclic) bond motifs is 1. The highest BCUT2D eigenvalue weighted by Gasteiger charge is 2.30. The number of carbonyl (C=O) groups is 1. The fourth-order valence-corrected chi connectivity index (χ4v) is 2.17. The van der Waals surface area contributed by atoms with Gasteiger partial charge in [-0.15, -0.1) is 0 Å². The van der Waals surface area contributed by atoms with Crippen LogP contribution in [0.4, 0.5) is 10.4 Å². The first kappa shape index (κ1) is 11.0. The van der Waals surface area contributed by atoms with Crippen molar-refractivity contribution in [2.24, 2.45) is 5.92 Å². The molecule has 2 heterocycles. The Morgan fingerprint density at radius 1 is 1.56 bits per heavy atom. The minimum Gasteiger partial charge on any atom is -0.481 e. The summed E-state index contributed by atoms with van der Waals surface area (Å²) in [7, 11) is 0. The van der Waals surface area contributed by atoms with Crippen molar-refractivity contribution < 1.29 is 18.7 Å². The minimum absolute atomic E-state index is 0.186. The summed E-state index contributed by atoms with van der Waals surface area (Å²) >= 11 is 0. The van der Waals surface area contributed by atoms with Crippen molar-refractivity contribution in [3.8, 4) is 0 Å². The van der Waals surface area contributed by atoms with Gasteiger partial charge in [0.2, 0.25) is 0 Å². The van der Waals surface area contributed by atoms with Gasteiger partial charge in [0.05, 0.1) is 5.92 Å². The predicted octanol–water partition coefficient (Wildman–Crippen LogP) is 1.88. The number of benzene rings is 1. The molecule has 0 spiro atoms. The number of anilines is 1. The van der Waals surface area contributed by atoms with E-state index in [-0.39, 0.29) is 5.52 Å². The van der Waals surface area contributed by atoms with Gasteiger partial charge < -0.3 is 14.4 Å². The second kappa shape index (κ2) is 3.97. The van der Waals surface area contributed by atoms with Gasteiger partial charge in [-0.05, 0) is 18.6 Å². The van der Waals surface area contributed by atoms with Crippen LogP contribution in [0.5, 0.6) is 0 Å². The molecule has 1 unspecified atom stereocenters. The highest BCUT2D eigenvalue weighted by atomic mass is 19.1. The quantitative estimate of drug-likeness (QED) is 0.881. The van der Waals surface area contributed by atoms with E-state index in [4.69, 9.17) is 9.52 Å². The maximum Gasteiger partial charge on any atom is 0.308 e. The second-order valence-corrected chi connectivity index (χ2v) is 4.35. The molecular weight excluding hydrogens is 239 g/mol. The summed E-state index contributed by atoms with van der Waals surface area (Å²) in [5, 5.41) is 8.92. The molecule has 94 valence electrons. The van der Waals surface area contributed by atoms with Crippen LogP contribution in [0.1, 0.15) is 6.42 Å². The number of aliphatic carboxylic acids is 1. The number of carboxylic acid groups (broad SMARTS) is 1. The van der Waals surface area contributed by atoms with Gasteiger partial charge in [0.1, 0.15) is 5.52 Å². The predicted molar refractivity (Wildman–Crippen MR) is 61.9 cm³/mol. The monoisotopic (exact) mass is 250 g/mol. The standard InChI is InChI=1S/C12H11FN2O3/c13-8-2-1-3-9-10(8)14-12(18-9)15-5-4-7(6-15)11(16)17/h1-3,7H,4-6H2,(H,16,17). The van der Waals surface area contributed by atoms with Crippen LogP contribution in [-0.4, -0.2) is 29.1 Å². The average Bonchev–Trinajstić information content (AvgIpc) is 2.95. The van der Waals surface area contributed by atoms with E-state index >= 15 is 0 Å². The van der Waals surface area contributed by atoms with Crippen LogP contribution < -0.4 is 4.90 Å². The smallest absolute Gasteiger partial charge is 0.308 e. The molecule has 0 bridgehead atoms. The molecule has 6 heteroatoms. The summed E-state index contributed by atoms with van der Waals surface area (Å²) < 4.78 is 18.9. The zero-order valence-corrected chi connectivity index (χ0v) is 9.47. The zero-order chi connectivity index (χ0) is 12.7. The van der Waals surface area contributed by atoms with E-state index in [0.29, 0.717) is 31.1 Å². The van der Waals surface area contributed by atoms with Gasteiger partial charge >= 0.3 is 5.97 Å². The average molecular weight is 250 g/mol. The van der Waals surface area contributed by atoms with Gasteiger partial charge in [-0.1, -0.05) is 6.07 Å². The van der Waals surface area contributed by atoms with Gasteiger partial charge in [-0.25, -0.2) is 4.39 Å². The number of nitrogens with zero attached hydrogens (tertiary/aromatic N) is 2. The minimum atomic E-state index is -0.820. The number of aromatic nitrogens is 1. The van der Waals surface area contributed by atoms with Gasteiger partial charge in [-0.3, -0.25) is 4.79 Å². The topological polar surface area (TPSA) is 66.6 Å². The fourth-order valence-electron chi connectivity index (χ4n) is 2.17. The molecule has 1 atom stereocenters. The lowest BCUT2D eigenvalue weighted by Gasteiger charge is -2.11. The number of halogens is 1. The number of para-hydroxylation sites is 1. The van der Waals surface area contributed by atoms with Crippen LogP contribution in [0, 0.1) is 11.7 Å². The van der Waals surface area contributed by atoms with E-state index in [2.05, 4.69) is 4.98 Å². The molecule has 18 heavy (non-hydrogen) atoms. The lowest BCUT2D eigenvalue weighted by molar-refractivity contribution is -0.140. The molecule has 1 N–H and O–H groups in total. The summed E-state index contributed by atoms with van der Waals surface area (Å²) in [6.07, 6.45) is 0.552. The maximum absolute atomic E-state index is 13.5. The normalized spacial score (nSPS) is 19.6. The number of carboxylic acids is 1.